The van der Waals surface area contributed by atoms with Gasteiger partial charge in [-0.15, -0.1) is 10.2 Å². The second-order valence-electron chi connectivity index (χ2n) is 5.67. The first-order chi connectivity index (χ1) is 11.9. The molecule has 0 saturated heterocycles. The number of hydrogen-bond donors (Lipinski definition) is 1. The summed E-state index contributed by atoms with van der Waals surface area (Å²) in [5.74, 6) is -3.99. The fourth-order valence-corrected chi connectivity index (χ4v) is 3.03. The van der Waals surface area contributed by atoms with Crippen LogP contribution in [0.2, 0.25) is 0 Å². The van der Waals surface area contributed by atoms with Crippen molar-refractivity contribution in [2.24, 2.45) is 0 Å². The highest BCUT2D eigenvalue weighted by molar-refractivity contribution is 7.16. The fraction of sp³-hybridized carbons (Fsp3) is 0.333. The van der Waals surface area contributed by atoms with Gasteiger partial charge in [0.15, 0.2) is 23.3 Å². The second-order valence-corrected chi connectivity index (χ2v) is 6.71. The zero-order chi connectivity index (χ0) is 18.1. The topological polar surface area (TPSA) is 72.2 Å². The molecule has 2 heterocycles. The third-order valence-electron chi connectivity index (χ3n) is 3.45. The van der Waals surface area contributed by atoms with Gasteiger partial charge in [-0.2, -0.15) is 9.61 Å². The quantitative estimate of drug-likeness (QED) is 0.701. The van der Waals surface area contributed by atoms with Crippen LogP contribution in [0.1, 0.15) is 37.0 Å². The van der Waals surface area contributed by atoms with Gasteiger partial charge in [0.2, 0.25) is 10.9 Å². The number of anilines is 1. The van der Waals surface area contributed by atoms with Crippen molar-refractivity contribution >= 4 is 27.9 Å². The Bertz CT molecular complexity index is 937. The number of aromatic nitrogens is 4. The Labute approximate surface area is 144 Å². The van der Waals surface area contributed by atoms with Crippen molar-refractivity contribution in [3.63, 3.8) is 0 Å². The summed E-state index contributed by atoms with van der Waals surface area (Å²) in [7, 11) is 0. The lowest BCUT2D eigenvalue weighted by molar-refractivity contribution is -0.116. The van der Waals surface area contributed by atoms with Gasteiger partial charge in [0.05, 0.1) is 5.69 Å². The van der Waals surface area contributed by atoms with Gasteiger partial charge in [0, 0.05) is 18.8 Å². The van der Waals surface area contributed by atoms with Crippen molar-refractivity contribution in [1.82, 2.24) is 19.8 Å². The van der Waals surface area contributed by atoms with Gasteiger partial charge < -0.3 is 5.32 Å². The Kier molecular flexibility index (Phi) is 4.71. The molecule has 0 radical (unpaired) electrons. The summed E-state index contributed by atoms with van der Waals surface area (Å²) in [5.41, 5.74) is -0.399. The van der Waals surface area contributed by atoms with Crippen LogP contribution in [0.15, 0.2) is 12.1 Å². The molecule has 10 heteroatoms. The summed E-state index contributed by atoms with van der Waals surface area (Å²) in [6.07, 6.45) is 0.322. The molecule has 1 aromatic carbocycles. The van der Waals surface area contributed by atoms with E-state index in [2.05, 4.69) is 20.6 Å². The summed E-state index contributed by atoms with van der Waals surface area (Å²) >= 11 is 1.31. The maximum absolute atomic E-state index is 13.5. The van der Waals surface area contributed by atoms with E-state index in [9.17, 15) is 18.0 Å². The first-order valence-corrected chi connectivity index (χ1v) is 8.33. The largest absolute Gasteiger partial charge is 0.323 e. The highest BCUT2D eigenvalue weighted by atomic mass is 32.1. The summed E-state index contributed by atoms with van der Waals surface area (Å²) < 4.78 is 41.2. The maximum Gasteiger partial charge on any atom is 0.234 e. The third kappa shape index (κ3) is 3.48. The fourth-order valence-electron chi connectivity index (χ4n) is 2.19. The Hall–Kier alpha value is -2.49. The molecular weight excluding hydrogens is 355 g/mol. The molecule has 0 saturated carbocycles. The highest BCUT2D eigenvalue weighted by Crippen LogP contribution is 2.21. The lowest BCUT2D eigenvalue weighted by Gasteiger charge is -2.06. The number of carbonyl (C=O) groups excluding carboxylic acids is 1. The molecule has 6 nitrogen and oxygen atoms in total. The number of carbonyl (C=O) groups is 1. The molecule has 3 aromatic rings. The summed E-state index contributed by atoms with van der Waals surface area (Å²) in [6.45, 7) is 3.94. The first kappa shape index (κ1) is 17.3. The van der Waals surface area contributed by atoms with E-state index in [1.165, 1.54) is 11.3 Å². The molecule has 0 aliphatic carbocycles. The molecule has 0 aliphatic rings. The van der Waals surface area contributed by atoms with Crippen LogP contribution in [-0.2, 0) is 11.2 Å². The number of fused-ring (bicyclic) bond motifs is 1. The molecule has 0 atom stereocenters. The molecule has 132 valence electrons. The molecule has 0 bridgehead atoms. The second kappa shape index (κ2) is 6.79. The van der Waals surface area contributed by atoms with E-state index >= 15 is 0 Å². The predicted molar refractivity (Wildman–Crippen MR) is 86.0 cm³/mol. The summed E-state index contributed by atoms with van der Waals surface area (Å²) in [4.78, 5) is 12.5. The van der Waals surface area contributed by atoms with Crippen LogP contribution in [0.4, 0.5) is 18.9 Å². The number of hydrogen-bond acceptors (Lipinski definition) is 5. The molecule has 1 N–H and O–H groups in total. The Morgan fingerprint density at radius 3 is 2.72 bits per heavy atom. The number of amides is 1. The number of aryl methyl sites for hydroxylation is 1. The van der Waals surface area contributed by atoms with Gasteiger partial charge in [-0.1, -0.05) is 25.2 Å². The molecule has 25 heavy (non-hydrogen) atoms. The van der Waals surface area contributed by atoms with Crippen LogP contribution in [0.25, 0.3) is 4.96 Å². The maximum atomic E-state index is 13.5. The number of rotatable bonds is 5. The lowest BCUT2D eigenvalue weighted by Crippen LogP contribution is -2.14. The Morgan fingerprint density at radius 1 is 1.24 bits per heavy atom. The smallest absolute Gasteiger partial charge is 0.234 e. The number of halogens is 3. The van der Waals surface area contributed by atoms with Crippen molar-refractivity contribution in [3.05, 3.63) is 40.4 Å². The molecular formula is C15H14F3N5OS. The van der Waals surface area contributed by atoms with Crippen LogP contribution >= 0.6 is 11.3 Å². The van der Waals surface area contributed by atoms with Gasteiger partial charge in [-0.3, -0.25) is 4.79 Å². The molecule has 0 aliphatic heterocycles. The van der Waals surface area contributed by atoms with E-state index in [1.807, 2.05) is 13.8 Å². The van der Waals surface area contributed by atoms with Gasteiger partial charge in [-0.25, -0.2) is 13.2 Å². The van der Waals surface area contributed by atoms with Gasteiger partial charge >= 0.3 is 0 Å². The van der Waals surface area contributed by atoms with Crippen molar-refractivity contribution in [1.29, 1.82) is 0 Å². The first-order valence-electron chi connectivity index (χ1n) is 7.51. The minimum absolute atomic E-state index is 0.0134. The summed E-state index contributed by atoms with van der Waals surface area (Å²) in [5, 5.41) is 15.3. The molecule has 1 amide bonds. The van der Waals surface area contributed by atoms with E-state index in [-0.39, 0.29) is 12.3 Å². The van der Waals surface area contributed by atoms with Crippen molar-refractivity contribution < 1.29 is 18.0 Å². The standard InChI is InChI=1S/C15H14F3N5OS/c1-7(2)14-20-21-15-23(14)22-11(25-15)6-5-10(24)19-9-4-3-8(16)12(17)13(9)18/h3-4,7H,5-6H2,1-2H3,(H,19,24). The van der Waals surface area contributed by atoms with Crippen LogP contribution < -0.4 is 5.32 Å². The normalized spacial score (nSPS) is 11.4. The minimum Gasteiger partial charge on any atom is -0.323 e. The van der Waals surface area contributed by atoms with Crippen LogP contribution in [0.3, 0.4) is 0 Å². The highest BCUT2D eigenvalue weighted by Gasteiger charge is 2.17. The van der Waals surface area contributed by atoms with Crippen molar-refractivity contribution in [2.45, 2.75) is 32.6 Å². The van der Waals surface area contributed by atoms with E-state index < -0.39 is 29.0 Å². The van der Waals surface area contributed by atoms with Crippen LogP contribution in [-0.4, -0.2) is 25.7 Å². The van der Waals surface area contributed by atoms with Crippen molar-refractivity contribution in [2.75, 3.05) is 5.32 Å². The number of benzene rings is 1. The number of nitrogens with zero attached hydrogens (tertiary/aromatic N) is 4. The summed E-state index contributed by atoms with van der Waals surface area (Å²) in [6, 6.07) is 1.73. The average Bonchev–Trinajstić information content (AvgIpc) is 3.13. The zero-order valence-corrected chi connectivity index (χ0v) is 14.2. The molecule has 0 unspecified atom stereocenters. The van der Waals surface area contributed by atoms with Gasteiger partial charge in [0.25, 0.3) is 0 Å². The van der Waals surface area contributed by atoms with Gasteiger partial charge in [-0.05, 0) is 12.1 Å². The molecule has 0 fully saturated rings. The predicted octanol–water partition coefficient (Wildman–Crippen LogP) is 3.30. The average molecular weight is 369 g/mol. The van der Waals surface area contributed by atoms with E-state index in [0.717, 1.165) is 18.0 Å². The minimum atomic E-state index is -1.62. The van der Waals surface area contributed by atoms with E-state index in [1.54, 1.807) is 4.52 Å². The third-order valence-corrected chi connectivity index (χ3v) is 4.41. The Balaban J connectivity index is 1.65. The molecule has 0 spiro atoms. The van der Waals surface area contributed by atoms with E-state index in [4.69, 9.17) is 0 Å². The number of nitrogens with one attached hydrogen (secondary N) is 1. The SMILES string of the molecule is CC(C)c1nnc2sc(CCC(=O)Nc3ccc(F)c(F)c3F)nn12. The van der Waals surface area contributed by atoms with Gasteiger partial charge in [0.1, 0.15) is 5.01 Å². The van der Waals surface area contributed by atoms with Crippen LogP contribution in [0.5, 0.6) is 0 Å². The lowest BCUT2D eigenvalue weighted by atomic mass is 10.2. The Morgan fingerprint density at radius 2 is 2.00 bits per heavy atom. The molecule has 3 rings (SSSR count). The monoisotopic (exact) mass is 369 g/mol. The van der Waals surface area contributed by atoms with Crippen LogP contribution in [0, 0.1) is 17.5 Å². The molecule has 2 aromatic heterocycles. The van der Waals surface area contributed by atoms with Crippen molar-refractivity contribution in [3.8, 4) is 0 Å². The zero-order valence-electron chi connectivity index (χ0n) is 13.4. The van der Waals surface area contributed by atoms with E-state index in [0.29, 0.717) is 16.4 Å².